The summed E-state index contributed by atoms with van der Waals surface area (Å²) in [7, 11) is 2.06. The van der Waals surface area contributed by atoms with Crippen molar-refractivity contribution in [1.29, 1.82) is 0 Å². The molecule has 4 rings (SSSR count). The predicted molar refractivity (Wildman–Crippen MR) is 145 cm³/mol. The zero-order chi connectivity index (χ0) is 26.0. The largest absolute Gasteiger partial charge is 0.363 e. The van der Waals surface area contributed by atoms with Gasteiger partial charge < -0.3 is 15.0 Å². The summed E-state index contributed by atoms with van der Waals surface area (Å²) in [6.07, 6.45) is 0.259. The van der Waals surface area contributed by atoms with E-state index >= 15 is 0 Å². The zero-order valence-electron chi connectivity index (χ0n) is 21.2. The maximum Gasteiger partial charge on any atom is 0.272 e. The molecule has 0 spiro atoms. The van der Waals surface area contributed by atoms with E-state index in [1.165, 1.54) is 0 Å². The van der Waals surface area contributed by atoms with Crippen LogP contribution in [0.25, 0.3) is 16.9 Å². The number of amides is 1. The molecule has 1 aromatic heterocycles. The third-order valence-corrected chi connectivity index (χ3v) is 6.33. The second-order valence-corrected chi connectivity index (χ2v) is 10.9. The molecule has 1 saturated heterocycles. The molecule has 1 aliphatic rings. The van der Waals surface area contributed by atoms with E-state index in [4.69, 9.17) is 33.0 Å². The summed E-state index contributed by atoms with van der Waals surface area (Å²) >= 11 is 12.8. The van der Waals surface area contributed by atoms with Crippen LogP contribution < -0.4 is 5.32 Å². The van der Waals surface area contributed by atoms with E-state index in [9.17, 15) is 4.79 Å². The lowest BCUT2D eigenvalue weighted by Crippen LogP contribution is -2.49. The van der Waals surface area contributed by atoms with Crippen molar-refractivity contribution in [2.24, 2.45) is 0 Å². The van der Waals surface area contributed by atoms with Crippen LogP contribution in [0.3, 0.4) is 0 Å². The van der Waals surface area contributed by atoms with E-state index in [0.717, 1.165) is 35.5 Å². The van der Waals surface area contributed by atoms with E-state index in [-0.39, 0.29) is 12.0 Å². The van der Waals surface area contributed by atoms with E-state index in [1.54, 1.807) is 10.7 Å². The minimum absolute atomic E-state index is 0.245. The van der Waals surface area contributed by atoms with Crippen LogP contribution in [0.5, 0.6) is 0 Å². The summed E-state index contributed by atoms with van der Waals surface area (Å²) in [6, 6.07) is 13.0. The van der Waals surface area contributed by atoms with Crippen LogP contribution in [0.15, 0.2) is 42.5 Å². The lowest BCUT2D eigenvalue weighted by molar-refractivity contribution is -0.0294. The van der Waals surface area contributed by atoms with E-state index in [0.29, 0.717) is 28.0 Å². The number of nitrogens with one attached hydrogen (secondary N) is 1. The fourth-order valence-corrected chi connectivity index (χ4v) is 4.42. The summed E-state index contributed by atoms with van der Waals surface area (Å²) in [5, 5.41) is 8.80. The Morgan fingerprint density at radius 2 is 1.86 bits per heavy atom. The maximum atomic E-state index is 13.1. The molecule has 188 valence electrons. The highest BCUT2D eigenvalue weighted by atomic mass is 35.5. The molecule has 2 aromatic carbocycles. The van der Waals surface area contributed by atoms with Gasteiger partial charge in [-0.1, -0.05) is 47.2 Å². The minimum Gasteiger partial charge on any atom is -0.363 e. The Labute approximate surface area is 222 Å². The van der Waals surface area contributed by atoms with Crippen molar-refractivity contribution in [3.8, 4) is 28.8 Å². The van der Waals surface area contributed by atoms with Gasteiger partial charge in [0.1, 0.15) is 6.61 Å². The second kappa shape index (κ2) is 10.7. The summed E-state index contributed by atoms with van der Waals surface area (Å²) in [4.78, 5) is 15.3. The van der Waals surface area contributed by atoms with Crippen LogP contribution in [0, 0.1) is 18.8 Å². The summed E-state index contributed by atoms with van der Waals surface area (Å²) in [5.41, 5.74) is 3.76. The van der Waals surface area contributed by atoms with Crippen LogP contribution in [0.1, 0.15) is 42.4 Å². The topological polar surface area (TPSA) is 59.4 Å². The van der Waals surface area contributed by atoms with Crippen LogP contribution in [-0.2, 0) is 4.74 Å². The van der Waals surface area contributed by atoms with Crippen LogP contribution in [-0.4, -0.2) is 59.0 Å². The number of likely N-dealkylation sites (N-methyl/N-ethyl adjacent to an activating group) is 1. The molecule has 1 N–H and O–H groups in total. The lowest BCUT2D eigenvalue weighted by atomic mass is 10.0. The van der Waals surface area contributed by atoms with Crippen molar-refractivity contribution >= 4 is 29.1 Å². The Morgan fingerprint density at radius 3 is 2.47 bits per heavy atom. The molecular weight excluding hydrogens is 495 g/mol. The van der Waals surface area contributed by atoms with Crippen molar-refractivity contribution in [3.05, 3.63) is 69.3 Å². The molecule has 0 atom stereocenters. The van der Waals surface area contributed by atoms with Gasteiger partial charge in [-0.2, -0.15) is 5.10 Å². The van der Waals surface area contributed by atoms with Crippen molar-refractivity contribution in [2.75, 3.05) is 26.7 Å². The molecule has 36 heavy (non-hydrogen) atoms. The quantitative estimate of drug-likeness (QED) is 0.456. The number of rotatable bonds is 5. The van der Waals surface area contributed by atoms with E-state index in [2.05, 4.69) is 29.1 Å². The SMILES string of the molecule is Cc1c(C(=O)NC(C)(C)C)nn(-c2ccc(C#CCOC3CN(C)C3)cc2Cl)c1-c1ccc(Cl)cc1. The van der Waals surface area contributed by atoms with Gasteiger partial charge in [-0.05, 0) is 65.1 Å². The first-order chi connectivity index (χ1) is 17.0. The Hall–Kier alpha value is -2.82. The number of carbonyl (C=O) groups excluding carboxylic acids is 1. The standard InChI is InChI=1S/C28H30Cl2N4O2/c1-18-25(27(35)31-28(2,3)4)32-34(26(18)20-9-11-21(29)12-10-20)24-13-8-19(15-23(24)30)7-6-14-36-22-16-33(5)17-22/h8-13,15,22H,14,16-17H2,1-5H3,(H,31,35). The highest BCUT2D eigenvalue weighted by molar-refractivity contribution is 6.32. The number of hydrogen-bond acceptors (Lipinski definition) is 4. The molecule has 0 radical (unpaired) electrons. The number of nitrogens with zero attached hydrogens (tertiary/aromatic N) is 3. The van der Waals surface area contributed by atoms with E-state index in [1.807, 2.05) is 64.1 Å². The van der Waals surface area contributed by atoms with Gasteiger partial charge >= 0.3 is 0 Å². The van der Waals surface area contributed by atoms with Crippen molar-refractivity contribution in [2.45, 2.75) is 39.3 Å². The normalized spacial score (nSPS) is 14.2. The number of hydrogen-bond donors (Lipinski definition) is 1. The van der Waals surface area contributed by atoms with Crippen LogP contribution in [0.4, 0.5) is 0 Å². The van der Waals surface area contributed by atoms with Gasteiger partial charge in [0, 0.05) is 40.3 Å². The number of halogens is 2. The fourth-order valence-electron chi connectivity index (χ4n) is 4.03. The average Bonchev–Trinajstić information content (AvgIpc) is 3.11. The molecule has 1 fully saturated rings. The molecule has 2 heterocycles. The molecule has 0 unspecified atom stereocenters. The summed E-state index contributed by atoms with van der Waals surface area (Å²) in [5.74, 6) is 5.92. The maximum absolute atomic E-state index is 13.1. The Morgan fingerprint density at radius 1 is 1.17 bits per heavy atom. The molecular formula is C28H30Cl2N4O2. The van der Waals surface area contributed by atoms with Gasteiger partial charge in [0.25, 0.3) is 5.91 Å². The van der Waals surface area contributed by atoms with Crippen molar-refractivity contribution in [1.82, 2.24) is 20.0 Å². The summed E-state index contributed by atoms with van der Waals surface area (Å²) in [6.45, 7) is 9.95. The van der Waals surface area contributed by atoms with Gasteiger partial charge in [0.05, 0.1) is 22.5 Å². The first-order valence-electron chi connectivity index (χ1n) is 11.8. The van der Waals surface area contributed by atoms with Gasteiger partial charge in [0.15, 0.2) is 5.69 Å². The van der Waals surface area contributed by atoms with Crippen molar-refractivity contribution < 1.29 is 9.53 Å². The third-order valence-electron chi connectivity index (χ3n) is 5.77. The smallest absolute Gasteiger partial charge is 0.272 e. The minimum atomic E-state index is -0.399. The number of carbonyl (C=O) groups is 1. The highest BCUT2D eigenvalue weighted by Crippen LogP contribution is 2.32. The number of benzene rings is 2. The van der Waals surface area contributed by atoms with Gasteiger partial charge in [-0.3, -0.25) is 4.79 Å². The highest BCUT2D eigenvalue weighted by Gasteiger charge is 2.26. The first kappa shape index (κ1) is 26.2. The lowest BCUT2D eigenvalue weighted by Gasteiger charge is -2.35. The molecule has 1 aliphatic heterocycles. The first-order valence-corrected chi connectivity index (χ1v) is 12.5. The number of aromatic nitrogens is 2. The second-order valence-electron chi connectivity index (χ2n) is 10.1. The van der Waals surface area contributed by atoms with Gasteiger partial charge in [-0.15, -0.1) is 0 Å². The van der Waals surface area contributed by atoms with Crippen LogP contribution in [0.2, 0.25) is 10.0 Å². The van der Waals surface area contributed by atoms with Gasteiger partial charge in [0.2, 0.25) is 0 Å². The monoisotopic (exact) mass is 524 g/mol. The molecule has 0 aliphatic carbocycles. The van der Waals surface area contributed by atoms with E-state index < -0.39 is 5.54 Å². The van der Waals surface area contributed by atoms with Gasteiger partial charge in [-0.25, -0.2) is 4.68 Å². The third kappa shape index (κ3) is 6.11. The Kier molecular flexibility index (Phi) is 7.77. The zero-order valence-corrected chi connectivity index (χ0v) is 22.7. The Balaban J connectivity index is 1.67. The molecule has 8 heteroatoms. The summed E-state index contributed by atoms with van der Waals surface area (Å²) < 4.78 is 7.44. The van der Waals surface area contributed by atoms with Crippen LogP contribution >= 0.6 is 23.2 Å². The predicted octanol–water partition coefficient (Wildman–Crippen LogP) is 5.36. The number of likely N-dealkylation sites (tertiary alicyclic amines) is 1. The molecule has 0 bridgehead atoms. The molecule has 6 nitrogen and oxygen atoms in total. The fraction of sp³-hybridized carbons (Fsp3) is 0.357. The van der Waals surface area contributed by atoms with Crippen molar-refractivity contribution in [3.63, 3.8) is 0 Å². The number of ether oxygens (including phenoxy) is 1. The molecule has 1 amide bonds. The molecule has 3 aromatic rings. The average molecular weight is 525 g/mol. The molecule has 0 saturated carbocycles. The Bertz CT molecular complexity index is 1320.